The molecule has 0 fully saturated rings. The van der Waals surface area contributed by atoms with Crippen LogP contribution in [0, 0.1) is 11.5 Å². The first-order chi connectivity index (χ1) is 11.7. The van der Waals surface area contributed by atoms with Gasteiger partial charge in [-0.05, 0) is 36.0 Å². The Kier molecular flexibility index (Phi) is 12.1. The molecule has 0 saturated carbocycles. The van der Waals surface area contributed by atoms with Crippen molar-refractivity contribution in [3.05, 3.63) is 30.3 Å². The van der Waals surface area contributed by atoms with E-state index in [0.717, 1.165) is 6.42 Å². The molecular weight excluding hydrogens is 324 g/mol. The Morgan fingerprint density at radius 1 is 0.833 bits per heavy atom. The maximum absolute atomic E-state index is 3.60. The average Bonchev–Trinajstić information content (AvgIpc) is 2.60. The van der Waals surface area contributed by atoms with Crippen molar-refractivity contribution in [2.45, 2.75) is 77.8 Å². The third-order valence-corrected chi connectivity index (χ3v) is 8.19. The van der Waals surface area contributed by atoms with Crippen molar-refractivity contribution in [1.82, 2.24) is 0 Å². The van der Waals surface area contributed by atoms with Crippen molar-refractivity contribution in [2.24, 2.45) is 0 Å². The highest BCUT2D eigenvalue weighted by atomic mass is 32.2. The molecule has 0 aliphatic carbocycles. The van der Waals surface area contributed by atoms with Crippen LogP contribution in [0.2, 0.25) is 13.1 Å². The minimum Gasteiger partial charge on any atom is -0.162 e. The molecule has 24 heavy (non-hydrogen) atoms. The third kappa shape index (κ3) is 10.3. The van der Waals surface area contributed by atoms with Crippen LogP contribution in [0.3, 0.4) is 0 Å². The SMILES string of the molecule is CCCSCCCCCCCCCC#C[Si](C)(C)c1ccccc1. The van der Waals surface area contributed by atoms with Gasteiger partial charge in [-0.3, -0.25) is 0 Å². The Labute approximate surface area is 156 Å². The van der Waals surface area contributed by atoms with Gasteiger partial charge in [0.1, 0.15) is 0 Å². The molecule has 0 saturated heterocycles. The fraction of sp³-hybridized carbons (Fsp3) is 0.636. The molecule has 0 amide bonds. The van der Waals surface area contributed by atoms with Crippen molar-refractivity contribution in [2.75, 3.05) is 11.5 Å². The highest BCUT2D eigenvalue weighted by Crippen LogP contribution is 2.11. The minimum absolute atomic E-state index is 1.08. The topological polar surface area (TPSA) is 0 Å². The largest absolute Gasteiger partial charge is 0.162 e. The molecule has 0 radical (unpaired) electrons. The van der Waals surface area contributed by atoms with E-state index < -0.39 is 8.07 Å². The Morgan fingerprint density at radius 2 is 1.46 bits per heavy atom. The fourth-order valence-electron chi connectivity index (χ4n) is 2.76. The molecule has 0 nitrogen and oxygen atoms in total. The fourth-order valence-corrected chi connectivity index (χ4v) is 5.40. The van der Waals surface area contributed by atoms with Gasteiger partial charge in [0.25, 0.3) is 0 Å². The molecule has 0 bridgehead atoms. The Morgan fingerprint density at radius 3 is 2.12 bits per heavy atom. The molecule has 0 aliphatic rings. The minimum atomic E-state index is -1.54. The van der Waals surface area contributed by atoms with Gasteiger partial charge >= 0.3 is 0 Å². The maximum Gasteiger partial charge on any atom is 0.162 e. The molecule has 0 heterocycles. The highest BCUT2D eigenvalue weighted by molar-refractivity contribution is 7.99. The molecule has 1 aromatic carbocycles. The van der Waals surface area contributed by atoms with E-state index in [0.29, 0.717) is 0 Å². The van der Waals surface area contributed by atoms with Crippen LogP contribution < -0.4 is 5.19 Å². The molecule has 0 atom stereocenters. The molecule has 0 N–H and O–H groups in total. The van der Waals surface area contributed by atoms with Crippen molar-refractivity contribution in [3.8, 4) is 11.5 Å². The predicted octanol–water partition coefficient (Wildman–Crippen LogP) is 6.41. The van der Waals surface area contributed by atoms with E-state index in [1.54, 1.807) is 0 Å². The number of benzene rings is 1. The quantitative estimate of drug-likeness (QED) is 0.236. The molecule has 2 heteroatoms. The van der Waals surface area contributed by atoms with Gasteiger partial charge in [-0.2, -0.15) is 11.8 Å². The first-order valence-corrected chi connectivity index (χ1v) is 14.0. The molecule has 1 rings (SSSR count). The maximum atomic E-state index is 3.60. The van der Waals surface area contributed by atoms with E-state index in [2.05, 4.69) is 73.6 Å². The normalized spacial score (nSPS) is 11.1. The Balaban J connectivity index is 2.01. The van der Waals surface area contributed by atoms with Gasteiger partial charge in [-0.25, -0.2) is 0 Å². The van der Waals surface area contributed by atoms with E-state index in [1.165, 1.54) is 68.1 Å². The lowest BCUT2D eigenvalue weighted by molar-refractivity contribution is 0.595. The second kappa shape index (κ2) is 13.6. The standard InChI is InChI=1S/C22H36SSi/c1-4-19-23-20-15-10-8-6-5-7-9-11-16-21-24(2,3)22-17-13-12-14-18-22/h12-14,17-18H,4-11,15,19-20H2,1-3H3. The summed E-state index contributed by atoms with van der Waals surface area (Å²) < 4.78 is 0. The highest BCUT2D eigenvalue weighted by Gasteiger charge is 2.19. The molecule has 0 aliphatic heterocycles. The van der Waals surface area contributed by atoms with Crippen LogP contribution >= 0.6 is 11.8 Å². The summed E-state index contributed by atoms with van der Waals surface area (Å²) in [7, 11) is -1.54. The Hall–Kier alpha value is -0.653. The summed E-state index contributed by atoms with van der Waals surface area (Å²) in [5.41, 5.74) is 3.60. The summed E-state index contributed by atoms with van der Waals surface area (Å²) in [5, 5.41) is 1.45. The van der Waals surface area contributed by atoms with E-state index in [-0.39, 0.29) is 0 Å². The zero-order valence-corrected chi connectivity index (χ0v) is 17.9. The molecule has 1 aromatic rings. The lowest BCUT2D eigenvalue weighted by Gasteiger charge is -2.14. The van der Waals surface area contributed by atoms with Crippen molar-refractivity contribution >= 4 is 25.0 Å². The van der Waals surface area contributed by atoms with Gasteiger partial charge in [-0.15, -0.1) is 11.5 Å². The summed E-state index contributed by atoms with van der Waals surface area (Å²) in [5.74, 6) is 6.17. The van der Waals surface area contributed by atoms with Crippen LogP contribution in [0.1, 0.15) is 64.7 Å². The van der Waals surface area contributed by atoms with Gasteiger partial charge in [0.05, 0.1) is 0 Å². The first-order valence-electron chi connectivity index (χ1n) is 9.80. The number of thioether (sulfide) groups is 1. The van der Waals surface area contributed by atoms with Crippen LogP contribution in [-0.4, -0.2) is 19.6 Å². The smallest absolute Gasteiger partial charge is 0.162 e. The Bertz CT molecular complexity index is 470. The zero-order valence-electron chi connectivity index (χ0n) is 16.1. The lowest BCUT2D eigenvalue weighted by atomic mass is 10.1. The van der Waals surface area contributed by atoms with Crippen LogP contribution in [0.15, 0.2) is 30.3 Å². The monoisotopic (exact) mass is 360 g/mol. The number of rotatable bonds is 12. The van der Waals surface area contributed by atoms with Crippen LogP contribution in [0.5, 0.6) is 0 Å². The van der Waals surface area contributed by atoms with Gasteiger partial charge in [0.2, 0.25) is 0 Å². The molecule has 0 unspecified atom stereocenters. The number of unbranched alkanes of at least 4 members (excludes halogenated alkanes) is 7. The molecule has 134 valence electrons. The van der Waals surface area contributed by atoms with E-state index >= 15 is 0 Å². The summed E-state index contributed by atoms with van der Waals surface area (Å²) in [6.07, 6.45) is 12.1. The van der Waals surface area contributed by atoms with Crippen LogP contribution in [-0.2, 0) is 0 Å². The van der Waals surface area contributed by atoms with Crippen molar-refractivity contribution in [1.29, 1.82) is 0 Å². The van der Waals surface area contributed by atoms with E-state index in [1.807, 2.05) is 0 Å². The van der Waals surface area contributed by atoms with Crippen LogP contribution in [0.4, 0.5) is 0 Å². The number of hydrogen-bond donors (Lipinski definition) is 0. The van der Waals surface area contributed by atoms with Gasteiger partial charge in [-0.1, -0.05) is 82.5 Å². The van der Waals surface area contributed by atoms with Crippen molar-refractivity contribution < 1.29 is 0 Å². The van der Waals surface area contributed by atoms with E-state index in [9.17, 15) is 0 Å². The van der Waals surface area contributed by atoms with Gasteiger partial charge in [0, 0.05) is 6.42 Å². The lowest BCUT2D eigenvalue weighted by Crippen LogP contribution is -2.39. The third-order valence-electron chi connectivity index (χ3n) is 4.34. The average molecular weight is 361 g/mol. The molecule has 0 spiro atoms. The summed E-state index contributed by atoms with van der Waals surface area (Å²) in [4.78, 5) is 0. The first kappa shape index (κ1) is 21.4. The van der Waals surface area contributed by atoms with Crippen molar-refractivity contribution in [3.63, 3.8) is 0 Å². The van der Waals surface area contributed by atoms with E-state index in [4.69, 9.17) is 0 Å². The van der Waals surface area contributed by atoms with Gasteiger partial charge < -0.3 is 0 Å². The zero-order chi connectivity index (χ0) is 17.5. The summed E-state index contributed by atoms with van der Waals surface area (Å²) >= 11 is 2.12. The summed E-state index contributed by atoms with van der Waals surface area (Å²) in [6, 6.07) is 10.8. The predicted molar refractivity (Wildman–Crippen MR) is 116 cm³/mol. The summed E-state index contributed by atoms with van der Waals surface area (Å²) in [6.45, 7) is 6.98. The number of hydrogen-bond acceptors (Lipinski definition) is 1. The molecular formula is C22H36SSi. The van der Waals surface area contributed by atoms with Gasteiger partial charge in [0.15, 0.2) is 8.07 Å². The second-order valence-corrected chi connectivity index (χ2v) is 12.4. The van der Waals surface area contributed by atoms with Crippen LogP contribution in [0.25, 0.3) is 0 Å². The molecule has 0 aromatic heterocycles. The second-order valence-electron chi connectivity index (χ2n) is 7.13.